The highest BCUT2D eigenvalue weighted by atomic mass is 35.5. The molecule has 0 radical (unpaired) electrons. The maximum Gasteiger partial charge on any atom is 0.259 e. The third-order valence-corrected chi connectivity index (χ3v) is 5.19. The maximum atomic E-state index is 13.2. The number of aromatic amines is 1. The average molecular weight is 407 g/mol. The first kappa shape index (κ1) is 19.3. The lowest BCUT2D eigenvalue weighted by Gasteiger charge is -2.22. The van der Waals surface area contributed by atoms with Crippen LogP contribution in [0.25, 0.3) is 10.9 Å². The second-order valence-electron chi connectivity index (χ2n) is 7.04. The van der Waals surface area contributed by atoms with Crippen LogP contribution in [0.1, 0.15) is 34.3 Å². The highest BCUT2D eigenvalue weighted by Gasteiger charge is 2.34. The lowest BCUT2D eigenvalue weighted by Crippen LogP contribution is -2.35. The van der Waals surface area contributed by atoms with Crippen LogP contribution in [0.4, 0.5) is 0 Å². The van der Waals surface area contributed by atoms with Gasteiger partial charge < -0.3 is 15.0 Å². The standard InChI is InChI=1S/C23H19ClN2O3/c24-17-6-3-16(4-7-17)14-26(18-8-9-18)23(29)20-13-25-21-10-5-15(2-1-11-27)12-19(21)22(20)28/h3-7,10,12-13,18,27H,8-9,11,14H2,(H,25,28). The zero-order valence-corrected chi connectivity index (χ0v) is 16.4. The number of carbonyl (C=O) groups excluding carboxylic acids is 1. The fourth-order valence-corrected chi connectivity index (χ4v) is 3.42. The van der Waals surface area contributed by atoms with Crippen molar-refractivity contribution in [1.29, 1.82) is 0 Å². The van der Waals surface area contributed by atoms with Gasteiger partial charge in [-0.2, -0.15) is 0 Å². The molecule has 2 N–H and O–H groups in total. The summed E-state index contributed by atoms with van der Waals surface area (Å²) in [6.45, 7) is 0.175. The van der Waals surface area contributed by atoms with Crippen LogP contribution in [0.2, 0.25) is 5.02 Å². The van der Waals surface area contributed by atoms with Gasteiger partial charge in [0, 0.05) is 40.3 Å². The minimum atomic E-state index is -0.321. The Balaban J connectivity index is 1.69. The van der Waals surface area contributed by atoms with Crippen LogP contribution in [0.5, 0.6) is 0 Å². The van der Waals surface area contributed by atoms with E-state index in [-0.39, 0.29) is 29.5 Å². The van der Waals surface area contributed by atoms with Crippen molar-refractivity contribution in [3.8, 4) is 11.8 Å². The number of aliphatic hydroxyl groups excluding tert-OH is 1. The van der Waals surface area contributed by atoms with E-state index in [4.69, 9.17) is 16.7 Å². The SMILES string of the molecule is O=C(c1c[nH]c2ccc(C#CCO)cc2c1=O)N(Cc1ccc(Cl)cc1)C1CC1. The molecule has 0 spiro atoms. The first-order valence-electron chi connectivity index (χ1n) is 9.37. The Labute approximate surface area is 172 Å². The predicted molar refractivity (Wildman–Crippen MR) is 113 cm³/mol. The molecule has 6 heteroatoms. The molecule has 29 heavy (non-hydrogen) atoms. The topological polar surface area (TPSA) is 73.4 Å². The molecule has 4 rings (SSSR count). The van der Waals surface area contributed by atoms with Crippen molar-refractivity contribution in [2.24, 2.45) is 0 Å². The Kier molecular flexibility index (Phi) is 5.39. The van der Waals surface area contributed by atoms with E-state index in [2.05, 4.69) is 16.8 Å². The molecule has 1 aliphatic carbocycles. The predicted octanol–water partition coefficient (Wildman–Crippen LogP) is 3.33. The molecule has 1 fully saturated rings. The van der Waals surface area contributed by atoms with Crippen molar-refractivity contribution < 1.29 is 9.90 Å². The monoisotopic (exact) mass is 406 g/mol. The average Bonchev–Trinajstić information content (AvgIpc) is 3.57. The van der Waals surface area contributed by atoms with Crippen LogP contribution in [0, 0.1) is 11.8 Å². The number of benzene rings is 2. The molecular formula is C23H19ClN2O3. The second kappa shape index (κ2) is 8.12. The Morgan fingerprint density at radius 3 is 2.66 bits per heavy atom. The number of fused-ring (bicyclic) bond motifs is 1. The zero-order chi connectivity index (χ0) is 20.4. The van der Waals surface area contributed by atoms with Gasteiger partial charge in [-0.05, 0) is 48.7 Å². The molecule has 0 unspecified atom stereocenters. The summed E-state index contributed by atoms with van der Waals surface area (Å²) in [6, 6.07) is 12.7. The third kappa shape index (κ3) is 4.19. The first-order chi connectivity index (χ1) is 14.1. The molecule has 1 aromatic heterocycles. The minimum Gasteiger partial charge on any atom is -0.384 e. The molecule has 0 aliphatic heterocycles. The number of rotatable bonds is 4. The van der Waals surface area contributed by atoms with E-state index in [1.807, 2.05) is 12.1 Å². The maximum absolute atomic E-state index is 13.2. The normalized spacial score (nSPS) is 13.0. The number of nitrogens with one attached hydrogen (secondary N) is 1. The van der Waals surface area contributed by atoms with Gasteiger partial charge in [-0.3, -0.25) is 9.59 Å². The van der Waals surface area contributed by atoms with Gasteiger partial charge in [0.25, 0.3) is 5.91 Å². The zero-order valence-electron chi connectivity index (χ0n) is 15.6. The Bertz CT molecular complexity index is 1180. The van der Waals surface area contributed by atoms with Crippen molar-refractivity contribution in [3.05, 3.63) is 80.6 Å². The summed E-state index contributed by atoms with van der Waals surface area (Å²) in [7, 11) is 0. The van der Waals surface area contributed by atoms with Crippen LogP contribution >= 0.6 is 11.6 Å². The number of amides is 1. The van der Waals surface area contributed by atoms with Crippen molar-refractivity contribution in [1.82, 2.24) is 9.88 Å². The minimum absolute atomic E-state index is 0.116. The lowest BCUT2D eigenvalue weighted by molar-refractivity contribution is 0.0728. The quantitative estimate of drug-likeness (QED) is 0.653. The summed E-state index contributed by atoms with van der Waals surface area (Å²) in [5.41, 5.74) is 2.01. The number of carbonyl (C=O) groups is 1. The number of aromatic nitrogens is 1. The summed E-state index contributed by atoms with van der Waals surface area (Å²) in [4.78, 5) is 31.1. The summed E-state index contributed by atoms with van der Waals surface area (Å²) < 4.78 is 0. The number of hydrogen-bond donors (Lipinski definition) is 2. The van der Waals surface area contributed by atoms with Gasteiger partial charge in [0.05, 0.1) is 0 Å². The van der Waals surface area contributed by atoms with Crippen molar-refractivity contribution in [3.63, 3.8) is 0 Å². The van der Waals surface area contributed by atoms with E-state index < -0.39 is 0 Å². The molecule has 3 aromatic rings. The van der Waals surface area contributed by atoms with E-state index in [9.17, 15) is 9.59 Å². The van der Waals surface area contributed by atoms with E-state index >= 15 is 0 Å². The molecular weight excluding hydrogens is 388 g/mol. The molecule has 0 atom stereocenters. The summed E-state index contributed by atoms with van der Waals surface area (Å²) >= 11 is 5.95. The van der Waals surface area contributed by atoms with Crippen LogP contribution in [-0.4, -0.2) is 33.5 Å². The highest BCUT2D eigenvalue weighted by molar-refractivity contribution is 6.30. The Morgan fingerprint density at radius 2 is 1.97 bits per heavy atom. The van der Waals surface area contributed by atoms with Gasteiger partial charge in [0.1, 0.15) is 12.2 Å². The van der Waals surface area contributed by atoms with E-state index in [1.54, 1.807) is 35.2 Å². The fourth-order valence-electron chi connectivity index (χ4n) is 3.29. The number of H-pyrrole nitrogens is 1. The van der Waals surface area contributed by atoms with Crippen LogP contribution < -0.4 is 5.43 Å². The largest absolute Gasteiger partial charge is 0.384 e. The van der Waals surface area contributed by atoms with Gasteiger partial charge in [-0.15, -0.1) is 0 Å². The van der Waals surface area contributed by atoms with E-state index in [0.29, 0.717) is 28.0 Å². The summed E-state index contributed by atoms with van der Waals surface area (Å²) in [6.07, 6.45) is 3.36. The highest BCUT2D eigenvalue weighted by Crippen LogP contribution is 2.30. The van der Waals surface area contributed by atoms with Gasteiger partial charge in [0.15, 0.2) is 0 Å². The van der Waals surface area contributed by atoms with Gasteiger partial charge in [-0.25, -0.2) is 0 Å². The lowest BCUT2D eigenvalue weighted by atomic mass is 10.1. The number of pyridine rings is 1. The molecule has 1 aliphatic rings. The number of hydrogen-bond acceptors (Lipinski definition) is 3. The molecule has 0 saturated heterocycles. The number of aliphatic hydroxyl groups is 1. The van der Waals surface area contributed by atoms with Gasteiger partial charge in [0.2, 0.25) is 5.43 Å². The van der Waals surface area contributed by atoms with Crippen molar-refractivity contribution >= 4 is 28.4 Å². The van der Waals surface area contributed by atoms with E-state index in [0.717, 1.165) is 18.4 Å². The molecule has 0 bridgehead atoms. The summed E-state index contributed by atoms with van der Waals surface area (Å²) in [5.74, 6) is 5.08. The first-order valence-corrected chi connectivity index (χ1v) is 9.75. The Morgan fingerprint density at radius 1 is 1.21 bits per heavy atom. The molecule has 1 amide bonds. The van der Waals surface area contributed by atoms with Gasteiger partial charge in [-0.1, -0.05) is 35.6 Å². The van der Waals surface area contributed by atoms with Crippen LogP contribution in [0.15, 0.2) is 53.5 Å². The molecule has 146 valence electrons. The summed E-state index contributed by atoms with van der Waals surface area (Å²) in [5, 5.41) is 9.92. The van der Waals surface area contributed by atoms with Crippen molar-refractivity contribution in [2.75, 3.05) is 6.61 Å². The second-order valence-corrected chi connectivity index (χ2v) is 7.48. The van der Waals surface area contributed by atoms with Gasteiger partial charge >= 0.3 is 0 Å². The molecule has 1 saturated carbocycles. The number of nitrogens with zero attached hydrogens (tertiary/aromatic N) is 1. The van der Waals surface area contributed by atoms with Crippen LogP contribution in [0.3, 0.4) is 0 Å². The molecule has 2 aromatic carbocycles. The van der Waals surface area contributed by atoms with Crippen LogP contribution in [-0.2, 0) is 6.54 Å². The third-order valence-electron chi connectivity index (χ3n) is 4.94. The smallest absolute Gasteiger partial charge is 0.259 e. The van der Waals surface area contributed by atoms with E-state index in [1.165, 1.54) is 6.20 Å². The molecule has 1 heterocycles. The van der Waals surface area contributed by atoms with Crippen molar-refractivity contribution in [2.45, 2.75) is 25.4 Å². The molecule has 5 nitrogen and oxygen atoms in total. The number of halogens is 1. The fraction of sp³-hybridized carbons (Fsp3) is 0.217. The Hall–Kier alpha value is -3.07.